The van der Waals surface area contributed by atoms with E-state index in [-0.39, 0.29) is 17.7 Å². The highest BCUT2D eigenvalue weighted by Crippen LogP contribution is 2.24. The van der Waals surface area contributed by atoms with Gasteiger partial charge in [0.25, 0.3) is 0 Å². The molecule has 1 saturated carbocycles. The average molecular weight is 583 g/mol. The molecule has 8 heteroatoms. The highest BCUT2D eigenvalue weighted by atomic mass is 16.5. The Bertz CT molecular complexity index is 1320. The Balaban J connectivity index is 1.42. The van der Waals surface area contributed by atoms with E-state index in [4.69, 9.17) is 20.9 Å². The third-order valence-corrected chi connectivity index (χ3v) is 8.11. The highest BCUT2D eigenvalue weighted by Gasteiger charge is 2.25. The van der Waals surface area contributed by atoms with Crippen LogP contribution in [0.5, 0.6) is 11.5 Å². The fraction of sp³-hybridized carbons (Fsp3) is 0.400. The number of piperidine rings is 1. The van der Waals surface area contributed by atoms with Crippen LogP contribution in [0.15, 0.2) is 95.8 Å². The van der Waals surface area contributed by atoms with Gasteiger partial charge in [0.2, 0.25) is 5.91 Å². The summed E-state index contributed by atoms with van der Waals surface area (Å²) in [6, 6.07) is 17.4. The number of para-hydroxylation sites is 1. The van der Waals surface area contributed by atoms with Crippen molar-refractivity contribution in [2.75, 3.05) is 26.7 Å². The monoisotopic (exact) mass is 582 g/mol. The first-order chi connectivity index (χ1) is 20.9. The lowest BCUT2D eigenvalue weighted by molar-refractivity contribution is -0.127. The van der Waals surface area contributed by atoms with Gasteiger partial charge in [0.1, 0.15) is 17.3 Å². The van der Waals surface area contributed by atoms with Crippen LogP contribution in [0.2, 0.25) is 0 Å². The molecule has 1 saturated heterocycles. The first kappa shape index (κ1) is 31.8. The Hall–Kier alpha value is -4.17. The molecule has 1 aliphatic carbocycles. The molecule has 2 fully saturated rings. The third-order valence-electron chi connectivity index (χ3n) is 8.11. The number of aliphatic imine (C=N–C) groups is 1. The van der Waals surface area contributed by atoms with E-state index in [0.717, 1.165) is 25.1 Å². The second-order valence-corrected chi connectivity index (χ2v) is 11.4. The van der Waals surface area contributed by atoms with Gasteiger partial charge in [0.15, 0.2) is 0 Å². The summed E-state index contributed by atoms with van der Waals surface area (Å²) in [5.41, 5.74) is 8.23. The lowest BCUT2D eigenvalue weighted by Crippen LogP contribution is -2.42. The fourth-order valence-electron chi connectivity index (χ4n) is 5.77. The first-order valence-electron chi connectivity index (χ1n) is 15.4. The molecule has 2 aliphatic rings. The quantitative estimate of drug-likeness (QED) is 0.171. The molecular weight excluding hydrogens is 536 g/mol. The number of nitrogens with two attached hydrogens (primary N) is 1. The summed E-state index contributed by atoms with van der Waals surface area (Å²) in [6.07, 6.45) is 13.4. The number of benzene rings is 2. The number of amidine groups is 1. The molecule has 4 N–H and O–H groups in total. The second kappa shape index (κ2) is 15.9. The minimum absolute atomic E-state index is 0.0199. The molecule has 4 rings (SSSR count). The maximum Gasteiger partial charge on any atom is 0.246 e. The van der Waals surface area contributed by atoms with Gasteiger partial charge in [0.05, 0.1) is 17.3 Å². The van der Waals surface area contributed by atoms with Crippen molar-refractivity contribution in [1.29, 1.82) is 5.41 Å². The van der Waals surface area contributed by atoms with Crippen molar-refractivity contribution in [3.63, 3.8) is 0 Å². The van der Waals surface area contributed by atoms with Gasteiger partial charge in [-0.05, 0) is 82.3 Å². The SMILES string of the molecule is C=CNC(=NC1CCCN(C(=O)/C=C/CN(C)C2CCCCC2)C1)/C(C(=N)c1ccc(Oc2ccccc2)cc1)=C(\C)N. The second-order valence-electron chi connectivity index (χ2n) is 11.4. The fourth-order valence-corrected chi connectivity index (χ4v) is 5.77. The molecule has 228 valence electrons. The van der Waals surface area contributed by atoms with E-state index >= 15 is 0 Å². The maximum absolute atomic E-state index is 13.1. The van der Waals surface area contributed by atoms with Crippen molar-refractivity contribution in [3.05, 3.63) is 96.4 Å². The van der Waals surface area contributed by atoms with Gasteiger partial charge in [-0.2, -0.15) is 0 Å². The standard InChI is InChI=1S/C35H46N6O2/c1-4-38-35(33(26(2)36)34(37)27-19-21-31(22-20-27)43-30-16-9-6-10-17-30)39-28-13-11-24-41(25-28)32(42)18-12-23-40(3)29-14-7-5-8-15-29/h4,6,9-10,12,16-22,28-29,37H,1,5,7-8,11,13-15,23-25,36H2,2-3H3,(H,38,39)/b18-12+,33-26+,37-34?. The lowest BCUT2D eigenvalue weighted by Gasteiger charge is -2.31. The summed E-state index contributed by atoms with van der Waals surface area (Å²) in [4.78, 5) is 22.3. The zero-order chi connectivity index (χ0) is 30.6. The van der Waals surface area contributed by atoms with Crippen molar-refractivity contribution < 1.29 is 9.53 Å². The predicted molar refractivity (Wildman–Crippen MR) is 176 cm³/mol. The number of likely N-dealkylation sites (tertiary alicyclic amines) is 1. The van der Waals surface area contributed by atoms with Crippen LogP contribution in [0.1, 0.15) is 57.4 Å². The number of allylic oxidation sites excluding steroid dienone is 1. The van der Waals surface area contributed by atoms with Gasteiger partial charge in [-0.15, -0.1) is 0 Å². The Morgan fingerprint density at radius 2 is 1.79 bits per heavy atom. The van der Waals surface area contributed by atoms with Crippen molar-refractivity contribution in [2.24, 2.45) is 10.7 Å². The summed E-state index contributed by atoms with van der Waals surface area (Å²) in [6.45, 7) is 7.60. The lowest BCUT2D eigenvalue weighted by atomic mass is 9.94. The number of rotatable bonds is 11. The number of ether oxygens (including phenoxy) is 1. The molecule has 1 atom stereocenters. The smallest absolute Gasteiger partial charge is 0.246 e. The number of carbonyl (C=O) groups is 1. The molecule has 2 aromatic rings. The molecule has 1 unspecified atom stereocenters. The van der Waals surface area contributed by atoms with Gasteiger partial charge in [-0.1, -0.05) is 50.1 Å². The Labute approximate surface area is 256 Å². The van der Waals surface area contributed by atoms with Crippen LogP contribution < -0.4 is 15.8 Å². The van der Waals surface area contributed by atoms with Crippen LogP contribution in [-0.2, 0) is 4.79 Å². The summed E-state index contributed by atoms with van der Waals surface area (Å²) < 4.78 is 5.90. The molecule has 0 aromatic heterocycles. The minimum atomic E-state index is -0.123. The largest absolute Gasteiger partial charge is 0.457 e. The van der Waals surface area contributed by atoms with Gasteiger partial charge < -0.3 is 20.7 Å². The number of amides is 1. The first-order valence-corrected chi connectivity index (χ1v) is 15.4. The maximum atomic E-state index is 13.1. The van der Waals surface area contributed by atoms with Gasteiger partial charge in [-0.3, -0.25) is 20.1 Å². The van der Waals surface area contributed by atoms with Crippen LogP contribution in [-0.4, -0.2) is 66.0 Å². The number of likely N-dealkylation sites (N-methyl/N-ethyl adjacent to an activating group) is 1. The molecule has 0 spiro atoms. The average Bonchev–Trinajstić information content (AvgIpc) is 3.02. The molecule has 0 radical (unpaired) electrons. The van der Waals surface area contributed by atoms with Crippen LogP contribution in [0.25, 0.3) is 0 Å². The molecule has 0 bridgehead atoms. The van der Waals surface area contributed by atoms with Crippen molar-refractivity contribution >= 4 is 17.5 Å². The van der Waals surface area contributed by atoms with E-state index in [1.54, 1.807) is 19.2 Å². The molecule has 1 amide bonds. The van der Waals surface area contributed by atoms with E-state index in [9.17, 15) is 4.79 Å². The summed E-state index contributed by atoms with van der Waals surface area (Å²) in [5, 5.41) is 12.1. The molecule has 2 aromatic carbocycles. The zero-order valence-corrected chi connectivity index (χ0v) is 25.6. The van der Waals surface area contributed by atoms with Crippen LogP contribution >= 0.6 is 0 Å². The third kappa shape index (κ3) is 9.16. The van der Waals surface area contributed by atoms with E-state index in [0.29, 0.717) is 47.6 Å². The number of nitrogens with zero attached hydrogens (tertiary/aromatic N) is 3. The van der Waals surface area contributed by atoms with E-state index in [1.165, 1.54) is 32.1 Å². The summed E-state index contributed by atoms with van der Waals surface area (Å²) in [5.74, 6) is 1.92. The topological polar surface area (TPSA) is 107 Å². The number of nitrogens with one attached hydrogen (secondary N) is 2. The number of hydrogen-bond acceptors (Lipinski definition) is 6. The van der Waals surface area contributed by atoms with Crippen molar-refractivity contribution in [2.45, 2.75) is 64.0 Å². The Morgan fingerprint density at radius 1 is 1.09 bits per heavy atom. The Morgan fingerprint density at radius 3 is 2.47 bits per heavy atom. The number of carbonyl (C=O) groups excluding carboxylic acids is 1. The zero-order valence-electron chi connectivity index (χ0n) is 25.6. The summed E-state index contributed by atoms with van der Waals surface area (Å²) in [7, 11) is 2.15. The summed E-state index contributed by atoms with van der Waals surface area (Å²) >= 11 is 0. The predicted octanol–water partition coefficient (Wildman–Crippen LogP) is 6.02. The van der Waals surface area contributed by atoms with Gasteiger partial charge >= 0.3 is 0 Å². The van der Waals surface area contributed by atoms with E-state index in [2.05, 4.69) is 23.8 Å². The van der Waals surface area contributed by atoms with E-state index in [1.807, 2.05) is 65.6 Å². The Kier molecular flexibility index (Phi) is 11.7. The van der Waals surface area contributed by atoms with Gasteiger partial charge in [0, 0.05) is 43.0 Å². The van der Waals surface area contributed by atoms with Crippen molar-refractivity contribution in [1.82, 2.24) is 15.1 Å². The molecule has 43 heavy (non-hydrogen) atoms. The van der Waals surface area contributed by atoms with Crippen LogP contribution in [0, 0.1) is 5.41 Å². The normalized spacial score (nSPS) is 18.8. The molecule has 1 aliphatic heterocycles. The molecule has 1 heterocycles. The van der Waals surface area contributed by atoms with Gasteiger partial charge in [-0.25, -0.2) is 0 Å². The number of hydrogen-bond donors (Lipinski definition) is 3. The highest BCUT2D eigenvalue weighted by molar-refractivity contribution is 6.29. The molecular formula is C35H46N6O2. The van der Waals surface area contributed by atoms with Crippen molar-refractivity contribution in [3.8, 4) is 11.5 Å². The van der Waals surface area contributed by atoms with E-state index < -0.39 is 0 Å². The molecule has 8 nitrogen and oxygen atoms in total. The van der Waals surface area contributed by atoms with Crippen LogP contribution in [0.3, 0.4) is 0 Å². The minimum Gasteiger partial charge on any atom is -0.457 e. The van der Waals surface area contributed by atoms with Crippen LogP contribution in [0.4, 0.5) is 0 Å².